The second-order valence-corrected chi connectivity index (χ2v) is 4.99. The minimum Gasteiger partial charge on any atom is -0.321 e. The van der Waals surface area contributed by atoms with Crippen molar-refractivity contribution in [1.82, 2.24) is 0 Å². The second-order valence-electron chi connectivity index (χ2n) is 4.99. The fourth-order valence-electron chi connectivity index (χ4n) is 2.35. The molecule has 0 fully saturated rings. The molecule has 0 radical (unpaired) electrons. The molecular formula is C15H25N. The van der Waals surface area contributed by atoms with Crippen molar-refractivity contribution < 1.29 is 0 Å². The molecule has 1 rings (SSSR count). The first-order chi connectivity index (χ1) is 7.62. The van der Waals surface area contributed by atoms with Crippen molar-refractivity contribution in [2.75, 3.05) is 0 Å². The molecule has 0 amide bonds. The number of hydrogen-bond acceptors (Lipinski definition) is 1. The molecule has 0 aliphatic heterocycles. The van der Waals surface area contributed by atoms with Crippen LogP contribution < -0.4 is 5.73 Å². The van der Waals surface area contributed by atoms with Gasteiger partial charge in [0.25, 0.3) is 0 Å². The highest BCUT2D eigenvalue weighted by molar-refractivity contribution is 5.23. The van der Waals surface area contributed by atoms with Crippen LogP contribution in [0.15, 0.2) is 30.3 Å². The number of nitrogens with two attached hydrogens (primary N) is 1. The van der Waals surface area contributed by atoms with Crippen LogP contribution in [0.2, 0.25) is 0 Å². The van der Waals surface area contributed by atoms with E-state index in [1.807, 2.05) is 0 Å². The molecule has 0 aliphatic rings. The molecule has 1 aromatic rings. The van der Waals surface area contributed by atoms with Crippen LogP contribution in [0.25, 0.3) is 0 Å². The first-order valence-corrected chi connectivity index (χ1v) is 6.46. The van der Waals surface area contributed by atoms with Gasteiger partial charge in [0, 0.05) is 5.54 Å². The summed E-state index contributed by atoms with van der Waals surface area (Å²) in [6.45, 7) is 6.74. The van der Waals surface area contributed by atoms with Gasteiger partial charge < -0.3 is 5.73 Å². The van der Waals surface area contributed by atoms with E-state index >= 15 is 0 Å². The molecule has 0 saturated carbocycles. The topological polar surface area (TPSA) is 26.0 Å². The van der Waals surface area contributed by atoms with Gasteiger partial charge in [0.15, 0.2) is 0 Å². The monoisotopic (exact) mass is 219 g/mol. The molecule has 1 heteroatoms. The normalized spacial score (nSPS) is 16.8. The highest BCUT2D eigenvalue weighted by Gasteiger charge is 2.27. The van der Waals surface area contributed by atoms with Crippen LogP contribution in [0.4, 0.5) is 0 Å². The SMILES string of the molecule is CCCC(N)(CC(C)CC)c1ccccc1. The van der Waals surface area contributed by atoms with Crippen LogP contribution in [0, 0.1) is 5.92 Å². The standard InChI is InChI=1S/C15H25N/c1-4-11-15(16,12-13(3)5-2)14-9-7-6-8-10-14/h6-10,13H,4-5,11-12,16H2,1-3H3. The Hall–Kier alpha value is -0.820. The number of benzene rings is 1. The van der Waals surface area contributed by atoms with Gasteiger partial charge in [0.2, 0.25) is 0 Å². The molecule has 0 aromatic heterocycles. The molecule has 0 aliphatic carbocycles. The van der Waals surface area contributed by atoms with Gasteiger partial charge in [0.1, 0.15) is 0 Å². The van der Waals surface area contributed by atoms with Gasteiger partial charge in [-0.25, -0.2) is 0 Å². The zero-order valence-corrected chi connectivity index (χ0v) is 10.9. The van der Waals surface area contributed by atoms with Gasteiger partial charge in [-0.1, -0.05) is 63.9 Å². The van der Waals surface area contributed by atoms with Crippen LogP contribution >= 0.6 is 0 Å². The summed E-state index contributed by atoms with van der Waals surface area (Å²) in [6.07, 6.45) is 4.50. The highest BCUT2D eigenvalue weighted by Crippen LogP contribution is 2.31. The number of rotatable bonds is 6. The lowest BCUT2D eigenvalue weighted by molar-refractivity contribution is 0.307. The van der Waals surface area contributed by atoms with E-state index in [0.717, 1.165) is 19.3 Å². The van der Waals surface area contributed by atoms with Crippen LogP contribution in [0.1, 0.15) is 52.0 Å². The number of hydrogen-bond donors (Lipinski definition) is 1. The molecule has 2 N–H and O–H groups in total. The first kappa shape index (κ1) is 13.2. The van der Waals surface area contributed by atoms with Gasteiger partial charge in [-0.15, -0.1) is 0 Å². The molecule has 0 spiro atoms. The first-order valence-electron chi connectivity index (χ1n) is 6.46. The minimum absolute atomic E-state index is 0.133. The predicted molar refractivity (Wildman–Crippen MR) is 71.3 cm³/mol. The minimum atomic E-state index is -0.133. The summed E-state index contributed by atoms with van der Waals surface area (Å²) in [5.74, 6) is 0.691. The average Bonchev–Trinajstić information content (AvgIpc) is 2.30. The quantitative estimate of drug-likeness (QED) is 0.766. The molecule has 1 nitrogen and oxygen atoms in total. The molecule has 1 aromatic carbocycles. The van der Waals surface area contributed by atoms with Crippen molar-refractivity contribution in [3.8, 4) is 0 Å². The Morgan fingerprint density at radius 3 is 2.31 bits per heavy atom. The third kappa shape index (κ3) is 3.34. The molecule has 0 saturated heterocycles. The van der Waals surface area contributed by atoms with E-state index < -0.39 is 0 Å². The lowest BCUT2D eigenvalue weighted by atomic mass is 9.79. The zero-order chi connectivity index (χ0) is 12.0. The summed E-state index contributed by atoms with van der Waals surface area (Å²) in [4.78, 5) is 0. The third-order valence-electron chi connectivity index (χ3n) is 3.45. The molecule has 16 heavy (non-hydrogen) atoms. The Balaban J connectivity index is 2.88. The van der Waals surface area contributed by atoms with E-state index in [-0.39, 0.29) is 5.54 Å². The summed E-state index contributed by atoms with van der Waals surface area (Å²) in [6, 6.07) is 10.6. The Kier molecular flexibility index (Phi) is 5.01. The Labute approximate surface area is 100 Å². The third-order valence-corrected chi connectivity index (χ3v) is 3.45. The van der Waals surface area contributed by atoms with E-state index in [2.05, 4.69) is 51.1 Å². The molecule has 2 atom stereocenters. The summed E-state index contributed by atoms with van der Waals surface area (Å²) in [5.41, 5.74) is 7.76. The van der Waals surface area contributed by atoms with E-state index in [4.69, 9.17) is 5.73 Å². The van der Waals surface area contributed by atoms with Crippen molar-refractivity contribution in [3.05, 3.63) is 35.9 Å². The predicted octanol–water partition coefficient (Wildman–Crippen LogP) is 4.08. The maximum atomic E-state index is 6.61. The fraction of sp³-hybridized carbons (Fsp3) is 0.600. The Morgan fingerprint density at radius 2 is 1.81 bits per heavy atom. The second kappa shape index (κ2) is 6.05. The average molecular weight is 219 g/mol. The van der Waals surface area contributed by atoms with Crippen molar-refractivity contribution in [2.24, 2.45) is 11.7 Å². The molecule has 90 valence electrons. The van der Waals surface area contributed by atoms with Crippen molar-refractivity contribution in [2.45, 2.75) is 52.0 Å². The smallest absolute Gasteiger partial charge is 0.0412 e. The van der Waals surface area contributed by atoms with E-state index in [9.17, 15) is 0 Å². The van der Waals surface area contributed by atoms with Crippen molar-refractivity contribution >= 4 is 0 Å². The largest absolute Gasteiger partial charge is 0.321 e. The van der Waals surface area contributed by atoms with E-state index in [1.165, 1.54) is 12.0 Å². The van der Waals surface area contributed by atoms with Gasteiger partial charge in [0.05, 0.1) is 0 Å². The highest BCUT2D eigenvalue weighted by atomic mass is 14.7. The van der Waals surface area contributed by atoms with Gasteiger partial charge in [-0.3, -0.25) is 0 Å². The van der Waals surface area contributed by atoms with Crippen LogP contribution in [0.5, 0.6) is 0 Å². The van der Waals surface area contributed by atoms with Gasteiger partial charge >= 0.3 is 0 Å². The van der Waals surface area contributed by atoms with E-state index in [0.29, 0.717) is 5.92 Å². The fourth-order valence-corrected chi connectivity index (χ4v) is 2.35. The van der Waals surface area contributed by atoms with Crippen molar-refractivity contribution in [1.29, 1.82) is 0 Å². The molecular weight excluding hydrogens is 194 g/mol. The van der Waals surface area contributed by atoms with Gasteiger partial charge in [-0.2, -0.15) is 0 Å². The molecule has 0 heterocycles. The lowest BCUT2D eigenvalue weighted by Gasteiger charge is -2.32. The summed E-state index contributed by atoms with van der Waals surface area (Å²) < 4.78 is 0. The zero-order valence-electron chi connectivity index (χ0n) is 10.9. The maximum absolute atomic E-state index is 6.61. The maximum Gasteiger partial charge on any atom is 0.0412 e. The summed E-state index contributed by atoms with van der Waals surface area (Å²) >= 11 is 0. The Bertz CT molecular complexity index is 294. The van der Waals surface area contributed by atoms with Crippen LogP contribution in [-0.4, -0.2) is 0 Å². The van der Waals surface area contributed by atoms with Crippen LogP contribution in [-0.2, 0) is 5.54 Å². The van der Waals surface area contributed by atoms with Gasteiger partial charge in [-0.05, 0) is 24.3 Å². The Morgan fingerprint density at radius 1 is 1.19 bits per heavy atom. The van der Waals surface area contributed by atoms with Crippen molar-refractivity contribution in [3.63, 3.8) is 0 Å². The summed E-state index contributed by atoms with van der Waals surface area (Å²) in [7, 11) is 0. The van der Waals surface area contributed by atoms with Crippen LogP contribution in [0.3, 0.4) is 0 Å². The molecule has 0 bridgehead atoms. The molecule has 2 unspecified atom stereocenters. The van der Waals surface area contributed by atoms with E-state index in [1.54, 1.807) is 0 Å². The summed E-state index contributed by atoms with van der Waals surface area (Å²) in [5, 5.41) is 0. The lowest BCUT2D eigenvalue weighted by Crippen LogP contribution is -2.38.